The van der Waals surface area contributed by atoms with E-state index in [1.54, 1.807) is 0 Å². The molecule has 1 aromatic rings. The second-order valence-corrected chi connectivity index (χ2v) is 5.09. The number of aryl methyl sites for hydroxylation is 1. The Balaban J connectivity index is 1.90. The molecule has 0 aliphatic carbocycles. The molecule has 4 heteroatoms. The summed E-state index contributed by atoms with van der Waals surface area (Å²) in [5.74, 6) is 0. The van der Waals surface area contributed by atoms with E-state index in [0.29, 0.717) is 11.5 Å². The van der Waals surface area contributed by atoms with Gasteiger partial charge < -0.3 is 10.1 Å². The van der Waals surface area contributed by atoms with E-state index in [-0.39, 0.29) is 0 Å². The van der Waals surface area contributed by atoms with Crippen LogP contribution in [-0.4, -0.2) is 29.5 Å². The van der Waals surface area contributed by atoms with Gasteiger partial charge in [-0.2, -0.15) is 5.10 Å². The fraction of sp³-hybridized carbons (Fsp3) is 0.750. The highest BCUT2D eigenvalue weighted by Gasteiger charge is 2.33. The SMILES string of the molecule is CCC(NCC1(C)COC1)c1cnn(C)c1. The van der Waals surface area contributed by atoms with Gasteiger partial charge in [0, 0.05) is 36.8 Å². The molecule has 1 aliphatic rings. The van der Waals surface area contributed by atoms with Crippen molar-refractivity contribution >= 4 is 0 Å². The lowest BCUT2D eigenvalue weighted by atomic mass is 9.88. The molecule has 0 bridgehead atoms. The van der Waals surface area contributed by atoms with Crippen molar-refractivity contribution in [1.29, 1.82) is 0 Å². The van der Waals surface area contributed by atoms with Crippen molar-refractivity contribution in [3.63, 3.8) is 0 Å². The van der Waals surface area contributed by atoms with Gasteiger partial charge in [0.05, 0.1) is 19.4 Å². The molecule has 4 nitrogen and oxygen atoms in total. The van der Waals surface area contributed by atoms with Crippen LogP contribution in [0.3, 0.4) is 0 Å². The van der Waals surface area contributed by atoms with Crippen molar-refractivity contribution in [3.05, 3.63) is 18.0 Å². The van der Waals surface area contributed by atoms with Crippen LogP contribution in [0.5, 0.6) is 0 Å². The van der Waals surface area contributed by atoms with Gasteiger partial charge in [0.2, 0.25) is 0 Å². The molecule has 0 aromatic carbocycles. The second kappa shape index (κ2) is 4.55. The summed E-state index contributed by atoms with van der Waals surface area (Å²) in [4.78, 5) is 0. The van der Waals surface area contributed by atoms with Crippen LogP contribution in [0.1, 0.15) is 31.9 Å². The number of hydrogen-bond acceptors (Lipinski definition) is 3. The molecule has 16 heavy (non-hydrogen) atoms. The van der Waals surface area contributed by atoms with Crippen molar-refractivity contribution in [2.45, 2.75) is 26.3 Å². The van der Waals surface area contributed by atoms with Gasteiger partial charge in [-0.3, -0.25) is 4.68 Å². The van der Waals surface area contributed by atoms with Crippen molar-refractivity contribution in [3.8, 4) is 0 Å². The fourth-order valence-corrected chi connectivity index (χ4v) is 2.04. The van der Waals surface area contributed by atoms with Crippen molar-refractivity contribution in [2.75, 3.05) is 19.8 Å². The zero-order valence-electron chi connectivity index (χ0n) is 10.4. The average Bonchev–Trinajstić information content (AvgIpc) is 2.63. The quantitative estimate of drug-likeness (QED) is 0.822. The van der Waals surface area contributed by atoms with E-state index in [1.807, 2.05) is 17.9 Å². The van der Waals surface area contributed by atoms with Gasteiger partial charge >= 0.3 is 0 Å². The van der Waals surface area contributed by atoms with Crippen LogP contribution in [0, 0.1) is 5.41 Å². The molecule has 0 amide bonds. The standard InChI is InChI=1S/C12H21N3O/c1-4-11(10-5-14-15(3)6-10)13-7-12(2)8-16-9-12/h5-6,11,13H,4,7-9H2,1-3H3. The summed E-state index contributed by atoms with van der Waals surface area (Å²) in [6.07, 6.45) is 5.12. The molecule has 0 saturated carbocycles. The maximum atomic E-state index is 5.26. The van der Waals surface area contributed by atoms with Gasteiger partial charge in [-0.15, -0.1) is 0 Å². The van der Waals surface area contributed by atoms with Gasteiger partial charge in [0.15, 0.2) is 0 Å². The van der Waals surface area contributed by atoms with Gasteiger partial charge in [0.25, 0.3) is 0 Å². The molecule has 0 spiro atoms. The molecule has 2 rings (SSSR count). The molecule has 1 unspecified atom stereocenters. The molecular formula is C12H21N3O. The molecule has 90 valence electrons. The Hall–Kier alpha value is -0.870. The van der Waals surface area contributed by atoms with Crippen LogP contribution in [-0.2, 0) is 11.8 Å². The Morgan fingerprint density at radius 1 is 1.62 bits per heavy atom. The van der Waals surface area contributed by atoms with E-state index in [4.69, 9.17) is 4.74 Å². The summed E-state index contributed by atoms with van der Waals surface area (Å²) in [6.45, 7) is 7.23. The van der Waals surface area contributed by atoms with Crippen LogP contribution in [0.2, 0.25) is 0 Å². The molecule has 1 aromatic heterocycles. The molecule has 2 heterocycles. The lowest BCUT2D eigenvalue weighted by Crippen LogP contribution is -2.47. The maximum Gasteiger partial charge on any atom is 0.0554 e. The van der Waals surface area contributed by atoms with E-state index in [9.17, 15) is 0 Å². The average molecular weight is 223 g/mol. The van der Waals surface area contributed by atoms with E-state index in [1.165, 1.54) is 5.56 Å². The minimum Gasteiger partial charge on any atom is -0.380 e. The third-order valence-electron chi connectivity index (χ3n) is 3.21. The molecule has 1 aliphatic heterocycles. The Kier molecular flexibility index (Phi) is 3.30. The third kappa shape index (κ3) is 2.44. The topological polar surface area (TPSA) is 39.1 Å². The summed E-state index contributed by atoms with van der Waals surface area (Å²) in [7, 11) is 1.96. The first-order valence-electron chi connectivity index (χ1n) is 5.93. The number of hydrogen-bond donors (Lipinski definition) is 1. The highest BCUT2D eigenvalue weighted by molar-refractivity contribution is 5.10. The predicted molar refractivity (Wildman–Crippen MR) is 63.2 cm³/mol. The molecule has 1 saturated heterocycles. The van der Waals surface area contributed by atoms with Crippen LogP contribution in [0.15, 0.2) is 12.4 Å². The van der Waals surface area contributed by atoms with Crippen LogP contribution in [0.4, 0.5) is 0 Å². The highest BCUT2D eigenvalue weighted by Crippen LogP contribution is 2.27. The van der Waals surface area contributed by atoms with Crippen molar-refractivity contribution in [1.82, 2.24) is 15.1 Å². The van der Waals surface area contributed by atoms with Gasteiger partial charge in [-0.25, -0.2) is 0 Å². The van der Waals surface area contributed by atoms with Gasteiger partial charge in [0.1, 0.15) is 0 Å². The largest absolute Gasteiger partial charge is 0.380 e. The predicted octanol–water partition coefficient (Wildman–Crippen LogP) is 1.50. The summed E-state index contributed by atoms with van der Waals surface area (Å²) in [6, 6.07) is 0.408. The fourth-order valence-electron chi connectivity index (χ4n) is 2.04. The van der Waals surface area contributed by atoms with Crippen LogP contribution < -0.4 is 5.32 Å². The smallest absolute Gasteiger partial charge is 0.0554 e. The number of aromatic nitrogens is 2. The first-order valence-corrected chi connectivity index (χ1v) is 5.93. The lowest BCUT2D eigenvalue weighted by Gasteiger charge is -2.39. The first-order chi connectivity index (χ1) is 7.63. The lowest BCUT2D eigenvalue weighted by molar-refractivity contribution is -0.100. The Morgan fingerprint density at radius 3 is 2.81 bits per heavy atom. The van der Waals surface area contributed by atoms with Crippen LogP contribution in [0.25, 0.3) is 0 Å². The Morgan fingerprint density at radius 2 is 2.38 bits per heavy atom. The zero-order chi connectivity index (χ0) is 11.6. The van der Waals surface area contributed by atoms with Gasteiger partial charge in [-0.05, 0) is 6.42 Å². The molecular weight excluding hydrogens is 202 g/mol. The Labute approximate surface area is 97.0 Å². The monoisotopic (exact) mass is 223 g/mol. The molecule has 0 radical (unpaired) electrons. The minimum atomic E-state index is 0.329. The summed E-state index contributed by atoms with van der Waals surface area (Å²) < 4.78 is 7.11. The maximum absolute atomic E-state index is 5.26. The summed E-state index contributed by atoms with van der Waals surface area (Å²) in [5.41, 5.74) is 1.60. The first kappa shape index (κ1) is 11.6. The van der Waals surface area contributed by atoms with Crippen molar-refractivity contribution in [2.24, 2.45) is 12.5 Å². The molecule has 1 N–H and O–H groups in total. The number of ether oxygens (including phenoxy) is 1. The Bertz CT molecular complexity index is 344. The second-order valence-electron chi connectivity index (χ2n) is 5.09. The minimum absolute atomic E-state index is 0.329. The van der Waals surface area contributed by atoms with E-state index >= 15 is 0 Å². The normalized spacial score (nSPS) is 20.4. The van der Waals surface area contributed by atoms with Crippen LogP contribution >= 0.6 is 0 Å². The molecule has 1 fully saturated rings. The van der Waals surface area contributed by atoms with E-state index in [0.717, 1.165) is 26.2 Å². The number of nitrogens with zero attached hydrogens (tertiary/aromatic N) is 2. The van der Waals surface area contributed by atoms with E-state index < -0.39 is 0 Å². The summed E-state index contributed by atoms with van der Waals surface area (Å²) in [5, 5.41) is 7.82. The van der Waals surface area contributed by atoms with Gasteiger partial charge in [-0.1, -0.05) is 13.8 Å². The summed E-state index contributed by atoms with van der Waals surface area (Å²) >= 11 is 0. The highest BCUT2D eigenvalue weighted by atomic mass is 16.5. The number of rotatable bonds is 5. The zero-order valence-corrected chi connectivity index (χ0v) is 10.4. The molecule has 1 atom stereocenters. The third-order valence-corrected chi connectivity index (χ3v) is 3.21. The number of nitrogens with one attached hydrogen (secondary N) is 1. The van der Waals surface area contributed by atoms with E-state index in [2.05, 4.69) is 30.5 Å². The van der Waals surface area contributed by atoms with Crippen molar-refractivity contribution < 1.29 is 4.74 Å².